The van der Waals surface area contributed by atoms with Gasteiger partial charge in [0.15, 0.2) is 0 Å². The number of aromatic nitrogens is 1. The van der Waals surface area contributed by atoms with Crippen LogP contribution in [0.15, 0.2) is 35.9 Å². The molecular weight excluding hydrogens is 389 g/mol. The molecule has 2 aliphatic rings. The van der Waals surface area contributed by atoms with Gasteiger partial charge in [-0.3, -0.25) is 4.79 Å². The smallest absolute Gasteiger partial charge is 0.306 e. The monoisotopic (exact) mass is 421 g/mol. The highest BCUT2D eigenvalue weighted by Crippen LogP contribution is 2.42. The van der Waals surface area contributed by atoms with Gasteiger partial charge in [0.25, 0.3) is 0 Å². The molecule has 0 radical (unpaired) electrons. The Hall–Kier alpha value is -2.62. The molecule has 0 fully saturated rings. The molecule has 0 spiro atoms. The summed E-state index contributed by atoms with van der Waals surface area (Å²) in [7, 11) is 2.12. The Kier molecular flexibility index (Phi) is 6.17. The molecule has 1 aromatic heterocycles. The summed E-state index contributed by atoms with van der Waals surface area (Å²) in [6.45, 7) is 6.71. The van der Waals surface area contributed by atoms with Crippen LogP contribution >= 0.6 is 0 Å². The number of esters is 1. The molecule has 31 heavy (non-hydrogen) atoms. The number of hydrogen-bond donors (Lipinski definition) is 0. The topological polar surface area (TPSA) is 31.2 Å². The van der Waals surface area contributed by atoms with Crippen LogP contribution in [0.4, 0.5) is 4.39 Å². The minimum Gasteiger partial charge on any atom is -0.466 e. The van der Waals surface area contributed by atoms with Crippen molar-refractivity contribution in [2.45, 2.75) is 58.3 Å². The lowest BCUT2D eigenvalue weighted by Crippen LogP contribution is -2.29. The maximum absolute atomic E-state index is 13.6. The molecule has 0 N–H and O–H groups in total. The van der Waals surface area contributed by atoms with Crippen LogP contribution in [-0.2, 0) is 16.6 Å². The van der Waals surface area contributed by atoms with E-state index in [1.807, 2.05) is 19.1 Å². The van der Waals surface area contributed by atoms with Crippen molar-refractivity contribution in [3.63, 3.8) is 0 Å². The zero-order valence-electron chi connectivity index (χ0n) is 19.0. The van der Waals surface area contributed by atoms with E-state index >= 15 is 0 Å². The zero-order valence-corrected chi connectivity index (χ0v) is 19.0. The number of ether oxygens (including phenoxy) is 1. The first-order valence-corrected chi connectivity index (χ1v) is 11.4. The van der Waals surface area contributed by atoms with Crippen molar-refractivity contribution in [1.29, 1.82) is 0 Å². The van der Waals surface area contributed by atoms with Crippen molar-refractivity contribution in [3.05, 3.63) is 69.1 Å². The van der Waals surface area contributed by atoms with E-state index in [0.29, 0.717) is 18.9 Å². The number of carbonyl (C=O) groups is 1. The standard InChI is InChI=1S/C27H32FNO2/c1-5-31-25(30)16-20-11-14-22(18-9-12-21(28)13-10-18)26-23-15-19(17(2)3)7-6-8-24(23)29(4)27(20)26/h7-10,12-13,15,17,20,22H,5-6,11,14,16H2,1-4H3. The van der Waals surface area contributed by atoms with Gasteiger partial charge >= 0.3 is 5.97 Å². The van der Waals surface area contributed by atoms with Gasteiger partial charge in [-0.15, -0.1) is 0 Å². The highest BCUT2D eigenvalue weighted by molar-refractivity contribution is 5.71. The lowest BCUT2D eigenvalue weighted by Gasteiger charge is -2.30. The number of benzene rings is 1. The SMILES string of the molecule is CCOC(=O)CC1CCC(c2ccc(F)cc2)c2c1n(C)c1c2=CC(C(C)C)=CCC=1. The lowest BCUT2D eigenvalue weighted by atomic mass is 9.75. The van der Waals surface area contributed by atoms with Crippen LogP contribution in [0, 0.1) is 11.7 Å². The first-order valence-electron chi connectivity index (χ1n) is 11.4. The molecule has 4 heteroatoms. The first-order chi connectivity index (χ1) is 14.9. The molecule has 2 aromatic rings. The summed E-state index contributed by atoms with van der Waals surface area (Å²) in [4.78, 5) is 12.4. The van der Waals surface area contributed by atoms with Crippen LogP contribution in [0.25, 0.3) is 12.2 Å². The molecule has 0 aliphatic heterocycles. The van der Waals surface area contributed by atoms with Crippen molar-refractivity contribution in [2.24, 2.45) is 13.0 Å². The summed E-state index contributed by atoms with van der Waals surface area (Å²) < 4.78 is 21.2. The third-order valence-electron chi connectivity index (χ3n) is 6.74. The molecule has 2 aliphatic carbocycles. The summed E-state index contributed by atoms with van der Waals surface area (Å²) in [5.74, 6) is 0.428. The minimum absolute atomic E-state index is 0.134. The first kappa shape index (κ1) is 21.6. The van der Waals surface area contributed by atoms with Crippen LogP contribution < -0.4 is 10.6 Å². The van der Waals surface area contributed by atoms with Gasteiger partial charge in [-0.2, -0.15) is 0 Å². The van der Waals surface area contributed by atoms with Crippen molar-refractivity contribution >= 4 is 18.1 Å². The highest BCUT2D eigenvalue weighted by Gasteiger charge is 2.34. The van der Waals surface area contributed by atoms with Gasteiger partial charge in [0.1, 0.15) is 5.82 Å². The van der Waals surface area contributed by atoms with Crippen LogP contribution in [-0.4, -0.2) is 17.1 Å². The number of hydrogen-bond acceptors (Lipinski definition) is 2. The van der Waals surface area contributed by atoms with E-state index < -0.39 is 0 Å². The van der Waals surface area contributed by atoms with E-state index in [1.54, 1.807) is 12.1 Å². The lowest BCUT2D eigenvalue weighted by molar-refractivity contribution is -0.143. The normalized spacial score (nSPS) is 20.1. The Bertz CT molecular complexity index is 1120. The van der Waals surface area contributed by atoms with Crippen molar-refractivity contribution < 1.29 is 13.9 Å². The summed E-state index contributed by atoms with van der Waals surface area (Å²) in [6.07, 6.45) is 10.1. The number of fused-ring (bicyclic) bond motifs is 3. The number of allylic oxidation sites excluding steroid dienone is 2. The van der Waals surface area contributed by atoms with Crippen molar-refractivity contribution in [3.8, 4) is 0 Å². The molecule has 164 valence electrons. The van der Waals surface area contributed by atoms with Gasteiger partial charge in [0.05, 0.1) is 13.0 Å². The molecular formula is C27H32FNO2. The average molecular weight is 422 g/mol. The third-order valence-corrected chi connectivity index (χ3v) is 6.74. The van der Waals surface area contributed by atoms with Gasteiger partial charge in [-0.25, -0.2) is 4.39 Å². The molecule has 0 bridgehead atoms. The predicted molar refractivity (Wildman–Crippen MR) is 123 cm³/mol. The number of halogens is 1. The van der Waals surface area contributed by atoms with Gasteiger partial charge in [-0.05, 0) is 67.0 Å². The number of rotatable bonds is 5. The second kappa shape index (κ2) is 8.86. The van der Waals surface area contributed by atoms with E-state index in [1.165, 1.54) is 27.4 Å². The van der Waals surface area contributed by atoms with E-state index in [-0.39, 0.29) is 23.6 Å². The Morgan fingerprint density at radius 3 is 2.61 bits per heavy atom. The highest BCUT2D eigenvalue weighted by atomic mass is 19.1. The maximum atomic E-state index is 13.6. The van der Waals surface area contributed by atoms with Crippen LogP contribution in [0.2, 0.25) is 0 Å². The number of nitrogens with zero attached hydrogens (tertiary/aromatic N) is 1. The molecule has 0 saturated heterocycles. The molecule has 4 rings (SSSR count). The molecule has 3 nitrogen and oxygen atoms in total. The van der Waals surface area contributed by atoms with Crippen LogP contribution in [0.5, 0.6) is 0 Å². The van der Waals surface area contributed by atoms with Crippen molar-refractivity contribution in [1.82, 2.24) is 4.57 Å². The fraction of sp³-hybridized carbons (Fsp3) is 0.444. The Morgan fingerprint density at radius 2 is 1.94 bits per heavy atom. The molecule has 0 saturated carbocycles. The van der Waals surface area contributed by atoms with E-state index in [2.05, 4.69) is 43.7 Å². The molecule has 1 heterocycles. The Labute approximate surface area is 183 Å². The van der Waals surface area contributed by atoms with Gasteiger partial charge in [-0.1, -0.05) is 38.1 Å². The van der Waals surface area contributed by atoms with Crippen molar-refractivity contribution in [2.75, 3.05) is 6.61 Å². The largest absolute Gasteiger partial charge is 0.466 e. The Morgan fingerprint density at radius 1 is 1.19 bits per heavy atom. The van der Waals surface area contributed by atoms with Gasteiger partial charge < -0.3 is 9.30 Å². The zero-order chi connectivity index (χ0) is 22.1. The fourth-order valence-electron chi connectivity index (χ4n) is 5.26. The van der Waals surface area contributed by atoms with Gasteiger partial charge in [0.2, 0.25) is 0 Å². The van der Waals surface area contributed by atoms with E-state index in [9.17, 15) is 9.18 Å². The summed E-state index contributed by atoms with van der Waals surface area (Å²) in [5, 5.41) is 2.48. The quantitative estimate of drug-likeness (QED) is 0.657. The van der Waals surface area contributed by atoms with Crippen LogP contribution in [0.1, 0.15) is 75.1 Å². The third kappa shape index (κ3) is 4.13. The summed E-state index contributed by atoms with van der Waals surface area (Å²) in [5.41, 5.74) is 5.01. The number of carbonyl (C=O) groups excluding carboxylic acids is 1. The molecule has 2 unspecified atom stereocenters. The minimum atomic E-state index is -0.211. The maximum Gasteiger partial charge on any atom is 0.306 e. The van der Waals surface area contributed by atoms with Crippen LogP contribution in [0.3, 0.4) is 0 Å². The predicted octanol–water partition coefficient (Wildman–Crippen LogP) is 4.67. The summed E-state index contributed by atoms with van der Waals surface area (Å²) >= 11 is 0. The van der Waals surface area contributed by atoms with E-state index in [4.69, 9.17) is 4.74 Å². The summed E-state index contributed by atoms with van der Waals surface area (Å²) in [6, 6.07) is 6.93. The fourth-order valence-corrected chi connectivity index (χ4v) is 5.26. The second-order valence-corrected chi connectivity index (χ2v) is 8.99. The second-order valence-electron chi connectivity index (χ2n) is 8.99. The van der Waals surface area contributed by atoms with E-state index in [0.717, 1.165) is 24.8 Å². The Balaban J connectivity index is 1.92. The molecule has 2 atom stereocenters. The molecule has 1 aromatic carbocycles. The van der Waals surface area contributed by atoms with Gasteiger partial charge in [0, 0.05) is 35.1 Å². The molecule has 0 amide bonds. The average Bonchev–Trinajstić information content (AvgIpc) is 2.89.